The fourth-order valence-corrected chi connectivity index (χ4v) is 4.32. The highest BCUT2D eigenvalue weighted by Crippen LogP contribution is 2.31. The Hall–Kier alpha value is -1.99. The molecular weight excluding hydrogens is 348 g/mol. The number of carbonyl (C=O) groups excluding carboxylic acids is 1. The summed E-state index contributed by atoms with van der Waals surface area (Å²) in [5, 5.41) is 2.34. The number of benzene rings is 2. The van der Waals surface area contributed by atoms with Crippen molar-refractivity contribution in [2.45, 2.75) is 11.3 Å². The standard InChI is InChI=1S/C15H10ClF2NO3S/c16-11-7-8(1-3-12(11)17)19-15(20)10-2-4-13(18)14-9(10)5-6-23(14,21)22/h1-4,7H,5-6H2,(H,19,20). The fourth-order valence-electron chi connectivity index (χ4n) is 2.51. The first-order valence-electron chi connectivity index (χ1n) is 6.60. The van der Waals surface area contributed by atoms with E-state index in [1.54, 1.807) is 0 Å². The van der Waals surface area contributed by atoms with E-state index < -0.39 is 32.3 Å². The molecule has 1 amide bonds. The number of amides is 1. The molecule has 8 heteroatoms. The van der Waals surface area contributed by atoms with E-state index in [4.69, 9.17) is 11.6 Å². The van der Waals surface area contributed by atoms with Crippen LogP contribution in [0.3, 0.4) is 0 Å². The highest BCUT2D eigenvalue weighted by molar-refractivity contribution is 7.91. The average Bonchev–Trinajstić information content (AvgIpc) is 2.80. The third kappa shape index (κ3) is 2.82. The summed E-state index contributed by atoms with van der Waals surface area (Å²) in [5.41, 5.74) is 0.485. The van der Waals surface area contributed by atoms with Crippen LogP contribution in [0.5, 0.6) is 0 Å². The quantitative estimate of drug-likeness (QED) is 0.897. The smallest absolute Gasteiger partial charge is 0.255 e. The Bertz CT molecular complexity index is 929. The lowest BCUT2D eigenvalue weighted by atomic mass is 10.0. The second kappa shape index (κ2) is 5.58. The Balaban J connectivity index is 1.98. The van der Waals surface area contributed by atoms with Crippen LogP contribution in [0.2, 0.25) is 5.02 Å². The van der Waals surface area contributed by atoms with Gasteiger partial charge in [0.15, 0.2) is 9.84 Å². The van der Waals surface area contributed by atoms with E-state index in [2.05, 4.69) is 5.32 Å². The summed E-state index contributed by atoms with van der Waals surface area (Å²) >= 11 is 5.64. The van der Waals surface area contributed by atoms with E-state index in [1.165, 1.54) is 18.2 Å². The number of rotatable bonds is 2. The number of hydrogen-bond acceptors (Lipinski definition) is 3. The first-order valence-corrected chi connectivity index (χ1v) is 8.63. The molecule has 1 heterocycles. The second-order valence-corrected chi connectivity index (χ2v) is 7.51. The van der Waals surface area contributed by atoms with Gasteiger partial charge >= 0.3 is 0 Å². The predicted octanol–water partition coefficient (Wildman–Crippen LogP) is 3.20. The molecule has 3 rings (SSSR count). The van der Waals surface area contributed by atoms with Crippen molar-refractivity contribution in [3.63, 3.8) is 0 Å². The summed E-state index contributed by atoms with van der Waals surface area (Å²) in [4.78, 5) is 11.9. The number of hydrogen-bond donors (Lipinski definition) is 1. The van der Waals surface area contributed by atoms with Gasteiger partial charge in [0, 0.05) is 11.3 Å². The van der Waals surface area contributed by atoms with Gasteiger partial charge in [0.05, 0.1) is 10.8 Å². The number of anilines is 1. The SMILES string of the molecule is O=C(Nc1ccc(F)c(Cl)c1)c1ccc(F)c2c1CCS2(=O)=O. The molecule has 0 bridgehead atoms. The van der Waals surface area contributed by atoms with Gasteiger partial charge in [-0.15, -0.1) is 0 Å². The molecule has 0 fully saturated rings. The van der Waals surface area contributed by atoms with E-state index in [0.717, 1.165) is 12.1 Å². The van der Waals surface area contributed by atoms with Crippen molar-refractivity contribution in [3.05, 3.63) is 58.1 Å². The highest BCUT2D eigenvalue weighted by Gasteiger charge is 2.33. The van der Waals surface area contributed by atoms with Gasteiger partial charge in [0.25, 0.3) is 5.91 Å². The van der Waals surface area contributed by atoms with Crippen molar-refractivity contribution in [2.75, 3.05) is 11.1 Å². The van der Waals surface area contributed by atoms with E-state index in [-0.39, 0.29) is 34.0 Å². The molecule has 0 saturated carbocycles. The van der Waals surface area contributed by atoms with E-state index >= 15 is 0 Å². The van der Waals surface area contributed by atoms with Gasteiger partial charge in [-0.25, -0.2) is 17.2 Å². The Kier molecular flexibility index (Phi) is 3.85. The zero-order chi connectivity index (χ0) is 16.8. The van der Waals surface area contributed by atoms with Crippen LogP contribution in [0, 0.1) is 11.6 Å². The van der Waals surface area contributed by atoms with Gasteiger partial charge in [0.2, 0.25) is 0 Å². The topological polar surface area (TPSA) is 63.2 Å². The summed E-state index contributed by atoms with van der Waals surface area (Å²) in [6.45, 7) is 0. The number of carbonyl (C=O) groups is 1. The molecule has 2 aromatic carbocycles. The van der Waals surface area contributed by atoms with Crippen LogP contribution in [0.4, 0.5) is 14.5 Å². The predicted molar refractivity (Wildman–Crippen MR) is 81.5 cm³/mol. The Morgan fingerprint density at radius 2 is 1.83 bits per heavy atom. The third-order valence-corrected chi connectivity index (χ3v) is 5.66. The first kappa shape index (κ1) is 15.9. The fraction of sp³-hybridized carbons (Fsp3) is 0.133. The zero-order valence-corrected chi connectivity index (χ0v) is 13.1. The highest BCUT2D eigenvalue weighted by atomic mass is 35.5. The van der Waals surface area contributed by atoms with Crippen molar-refractivity contribution in [2.24, 2.45) is 0 Å². The minimum Gasteiger partial charge on any atom is -0.322 e. The number of nitrogens with one attached hydrogen (secondary N) is 1. The Morgan fingerprint density at radius 3 is 2.52 bits per heavy atom. The molecule has 120 valence electrons. The molecule has 1 aliphatic heterocycles. The zero-order valence-electron chi connectivity index (χ0n) is 11.6. The molecule has 1 N–H and O–H groups in total. The maximum Gasteiger partial charge on any atom is 0.255 e. The molecular formula is C15H10ClF2NO3S. The molecule has 0 unspecified atom stereocenters. The minimum atomic E-state index is -3.70. The lowest BCUT2D eigenvalue weighted by Crippen LogP contribution is -2.15. The van der Waals surface area contributed by atoms with Crippen molar-refractivity contribution in [3.8, 4) is 0 Å². The summed E-state index contributed by atoms with van der Waals surface area (Å²) in [6, 6.07) is 5.83. The van der Waals surface area contributed by atoms with Crippen molar-refractivity contribution in [1.29, 1.82) is 0 Å². The van der Waals surface area contributed by atoms with E-state index in [9.17, 15) is 22.0 Å². The molecule has 2 aromatic rings. The molecule has 0 spiro atoms. The van der Waals surface area contributed by atoms with Crippen LogP contribution in [0.25, 0.3) is 0 Å². The largest absolute Gasteiger partial charge is 0.322 e. The van der Waals surface area contributed by atoms with Crippen molar-refractivity contribution in [1.82, 2.24) is 0 Å². The monoisotopic (exact) mass is 357 g/mol. The van der Waals surface area contributed by atoms with Crippen molar-refractivity contribution >= 4 is 33.0 Å². The molecule has 0 aliphatic carbocycles. The molecule has 0 saturated heterocycles. The van der Waals surface area contributed by atoms with Gasteiger partial charge in [-0.2, -0.15) is 0 Å². The lowest BCUT2D eigenvalue weighted by molar-refractivity contribution is 0.102. The summed E-state index contributed by atoms with van der Waals surface area (Å²) in [5.74, 6) is -2.33. The second-order valence-electron chi connectivity index (χ2n) is 5.05. The van der Waals surface area contributed by atoms with Crippen LogP contribution < -0.4 is 5.32 Å². The molecule has 4 nitrogen and oxygen atoms in total. The van der Waals surface area contributed by atoms with Crippen LogP contribution in [-0.2, 0) is 16.3 Å². The molecule has 0 atom stereocenters. The lowest BCUT2D eigenvalue weighted by Gasteiger charge is -2.10. The molecule has 23 heavy (non-hydrogen) atoms. The van der Waals surface area contributed by atoms with Crippen molar-refractivity contribution < 1.29 is 22.0 Å². The molecule has 0 radical (unpaired) electrons. The average molecular weight is 358 g/mol. The van der Waals surface area contributed by atoms with Crippen LogP contribution in [0.15, 0.2) is 35.2 Å². The summed E-state index contributed by atoms with van der Waals surface area (Å²) in [7, 11) is -3.70. The maximum atomic E-state index is 13.8. The summed E-state index contributed by atoms with van der Waals surface area (Å²) < 4.78 is 50.6. The third-order valence-electron chi connectivity index (χ3n) is 3.57. The Labute approximate surface area is 136 Å². The van der Waals surface area contributed by atoms with Gasteiger partial charge in [-0.1, -0.05) is 11.6 Å². The van der Waals surface area contributed by atoms with Crippen LogP contribution in [0.1, 0.15) is 15.9 Å². The van der Waals surface area contributed by atoms with Crippen LogP contribution in [-0.4, -0.2) is 20.1 Å². The van der Waals surface area contributed by atoms with E-state index in [0.29, 0.717) is 0 Å². The van der Waals surface area contributed by atoms with Gasteiger partial charge in [-0.05, 0) is 42.3 Å². The van der Waals surface area contributed by atoms with Gasteiger partial charge < -0.3 is 5.32 Å². The Morgan fingerprint density at radius 1 is 1.13 bits per heavy atom. The first-order chi connectivity index (χ1) is 10.8. The number of fused-ring (bicyclic) bond motifs is 1. The number of sulfone groups is 1. The van der Waals surface area contributed by atoms with E-state index in [1.807, 2.05) is 0 Å². The maximum absolute atomic E-state index is 13.8. The van der Waals surface area contributed by atoms with Gasteiger partial charge in [-0.3, -0.25) is 4.79 Å². The molecule has 1 aliphatic rings. The summed E-state index contributed by atoms with van der Waals surface area (Å²) in [6.07, 6.45) is 0.0718. The number of halogens is 3. The van der Waals surface area contributed by atoms with Gasteiger partial charge in [0.1, 0.15) is 16.5 Å². The normalized spacial score (nSPS) is 15.3. The van der Waals surface area contributed by atoms with Crippen LogP contribution >= 0.6 is 11.6 Å². The molecule has 0 aromatic heterocycles. The minimum absolute atomic E-state index is 0.0718.